The summed E-state index contributed by atoms with van der Waals surface area (Å²) >= 11 is 0. The number of ketones is 1. The zero-order valence-electron chi connectivity index (χ0n) is 16.1. The molecule has 6 nitrogen and oxygen atoms in total. The van der Waals surface area contributed by atoms with E-state index in [4.69, 9.17) is 0 Å². The molecule has 0 N–H and O–H groups in total. The largest absolute Gasteiger partial charge is 0.378 e. The first-order chi connectivity index (χ1) is 12.7. The molecule has 1 aliphatic rings. The smallest absolute Gasteiger partial charge is 0.185 e. The molecule has 144 valence electrons. The average Bonchev–Trinajstić information content (AvgIpc) is 3.12. The molecule has 1 aliphatic heterocycles. The molecule has 7 heteroatoms. The second kappa shape index (κ2) is 7.31. The SMILES string of the molecule is Cc1nn(C2CCS(=O)(=O)C2)c(C)c1/C=C/C(=O)c1ccc(N(C)C)cc1. The Kier molecular flexibility index (Phi) is 5.24. The summed E-state index contributed by atoms with van der Waals surface area (Å²) in [5.41, 5.74) is 4.22. The Morgan fingerprint density at radius 3 is 2.44 bits per heavy atom. The highest BCUT2D eigenvalue weighted by Gasteiger charge is 2.31. The Morgan fingerprint density at radius 1 is 1.22 bits per heavy atom. The fraction of sp³-hybridized carbons (Fsp3) is 0.400. The van der Waals surface area contributed by atoms with E-state index in [2.05, 4.69) is 5.10 Å². The lowest BCUT2D eigenvalue weighted by Gasteiger charge is -2.12. The lowest BCUT2D eigenvalue weighted by molar-refractivity contribution is 0.104. The first kappa shape index (κ1) is 19.4. The van der Waals surface area contributed by atoms with Gasteiger partial charge in [-0.15, -0.1) is 0 Å². The first-order valence-electron chi connectivity index (χ1n) is 8.94. The van der Waals surface area contributed by atoms with Gasteiger partial charge in [0.25, 0.3) is 0 Å². The van der Waals surface area contributed by atoms with Gasteiger partial charge in [0.2, 0.25) is 0 Å². The number of carbonyl (C=O) groups is 1. The number of rotatable bonds is 5. The molecule has 0 spiro atoms. The van der Waals surface area contributed by atoms with E-state index in [1.807, 2.05) is 57.1 Å². The average molecular weight is 388 g/mol. The van der Waals surface area contributed by atoms with Gasteiger partial charge in [0.15, 0.2) is 15.6 Å². The Bertz CT molecular complexity index is 986. The summed E-state index contributed by atoms with van der Waals surface area (Å²) in [7, 11) is 0.936. The van der Waals surface area contributed by atoms with Crippen LogP contribution in [-0.4, -0.2) is 49.6 Å². The van der Waals surface area contributed by atoms with Gasteiger partial charge in [-0.2, -0.15) is 5.10 Å². The molecular formula is C20H25N3O3S. The van der Waals surface area contributed by atoms with Gasteiger partial charge >= 0.3 is 0 Å². The van der Waals surface area contributed by atoms with Crippen molar-refractivity contribution in [3.8, 4) is 0 Å². The van der Waals surface area contributed by atoms with E-state index >= 15 is 0 Å². The zero-order valence-corrected chi connectivity index (χ0v) is 17.0. The lowest BCUT2D eigenvalue weighted by atomic mass is 10.1. The summed E-state index contributed by atoms with van der Waals surface area (Å²) < 4.78 is 25.3. The van der Waals surface area contributed by atoms with Crippen molar-refractivity contribution < 1.29 is 13.2 Å². The van der Waals surface area contributed by atoms with E-state index in [1.165, 1.54) is 0 Å². The van der Waals surface area contributed by atoms with Crippen molar-refractivity contribution in [2.75, 3.05) is 30.5 Å². The third-order valence-electron chi connectivity index (χ3n) is 5.00. The van der Waals surface area contributed by atoms with Crippen LogP contribution in [0.15, 0.2) is 30.3 Å². The van der Waals surface area contributed by atoms with Gasteiger partial charge in [-0.3, -0.25) is 9.48 Å². The van der Waals surface area contributed by atoms with Crippen molar-refractivity contribution in [3.63, 3.8) is 0 Å². The topological polar surface area (TPSA) is 72.3 Å². The first-order valence-corrected chi connectivity index (χ1v) is 10.8. The summed E-state index contributed by atoms with van der Waals surface area (Å²) in [6.45, 7) is 3.80. The maximum Gasteiger partial charge on any atom is 0.185 e. The number of aryl methyl sites for hydroxylation is 1. The van der Waals surface area contributed by atoms with Gasteiger partial charge in [0.05, 0.1) is 23.2 Å². The number of hydrogen-bond donors (Lipinski definition) is 0. The fourth-order valence-electron chi connectivity index (χ4n) is 3.42. The van der Waals surface area contributed by atoms with Crippen molar-refractivity contribution in [3.05, 3.63) is 52.9 Å². The highest BCUT2D eigenvalue weighted by atomic mass is 32.2. The Morgan fingerprint density at radius 2 is 1.89 bits per heavy atom. The van der Waals surface area contributed by atoms with Crippen molar-refractivity contribution >= 4 is 27.4 Å². The summed E-state index contributed by atoms with van der Waals surface area (Å²) in [6.07, 6.45) is 3.92. The molecule has 1 unspecified atom stereocenters. The van der Waals surface area contributed by atoms with E-state index in [9.17, 15) is 13.2 Å². The minimum absolute atomic E-state index is 0.0738. The third kappa shape index (κ3) is 4.13. The third-order valence-corrected chi connectivity index (χ3v) is 6.76. The normalized spacial score (nSPS) is 18.9. The van der Waals surface area contributed by atoms with E-state index in [-0.39, 0.29) is 23.3 Å². The number of aromatic nitrogens is 2. The molecular weight excluding hydrogens is 362 g/mol. The van der Waals surface area contributed by atoms with Gasteiger partial charge in [-0.05, 0) is 56.7 Å². The maximum atomic E-state index is 12.5. The van der Waals surface area contributed by atoms with Crippen LogP contribution in [0.25, 0.3) is 6.08 Å². The highest BCUT2D eigenvalue weighted by molar-refractivity contribution is 7.91. The molecule has 1 aromatic heterocycles. The van der Waals surface area contributed by atoms with E-state index in [1.54, 1.807) is 16.8 Å². The Balaban J connectivity index is 1.80. The van der Waals surface area contributed by atoms with Crippen LogP contribution in [0.4, 0.5) is 5.69 Å². The number of nitrogens with zero attached hydrogens (tertiary/aromatic N) is 3. The van der Waals surface area contributed by atoms with Crippen LogP contribution in [0, 0.1) is 13.8 Å². The number of benzene rings is 1. The molecule has 2 aromatic rings. The van der Waals surface area contributed by atoms with Crippen molar-refractivity contribution in [1.29, 1.82) is 0 Å². The molecule has 3 rings (SSSR count). The van der Waals surface area contributed by atoms with Crippen LogP contribution in [0.2, 0.25) is 0 Å². The summed E-state index contributed by atoms with van der Waals surface area (Å²) in [6, 6.07) is 7.33. The number of carbonyl (C=O) groups excluding carboxylic acids is 1. The van der Waals surface area contributed by atoms with Crippen LogP contribution in [0.1, 0.15) is 39.8 Å². The number of sulfone groups is 1. The summed E-state index contributed by atoms with van der Waals surface area (Å²) in [4.78, 5) is 14.4. The van der Waals surface area contributed by atoms with Crippen LogP contribution in [0.5, 0.6) is 0 Å². The van der Waals surface area contributed by atoms with Gasteiger partial charge in [0, 0.05) is 36.6 Å². The van der Waals surface area contributed by atoms with Crippen molar-refractivity contribution in [2.45, 2.75) is 26.3 Å². The molecule has 0 radical (unpaired) electrons. The molecule has 2 heterocycles. The van der Waals surface area contributed by atoms with Crippen molar-refractivity contribution in [2.24, 2.45) is 0 Å². The Labute approximate surface area is 160 Å². The number of anilines is 1. The van der Waals surface area contributed by atoms with Crippen LogP contribution >= 0.6 is 0 Å². The molecule has 1 atom stereocenters. The second-order valence-electron chi connectivity index (χ2n) is 7.22. The predicted molar refractivity (Wildman–Crippen MR) is 108 cm³/mol. The molecule has 0 amide bonds. The number of allylic oxidation sites excluding steroid dienone is 1. The van der Waals surface area contributed by atoms with E-state index < -0.39 is 9.84 Å². The zero-order chi connectivity index (χ0) is 19.8. The van der Waals surface area contributed by atoms with Crippen molar-refractivity contribution in [1.82, 2.24) is 9.78 Å². The molecule has 27 heavy (non-hydrogen) atoms. The summed E-state index contributed by atoms with van der Waals surface area (Å²) in [5.74, 6) is 0.271. The minimum atomic E-state index is -2.97. The Hall–Kier alpha value is -2.41. The van der Waals surface area contributed by atoms with Gasteiger partial charge in [-0.1, -0.05) is 0 Å². The molecule has 0 aliphatic carbocycles. The highest BCUT2D eigenvalue weighted by Crippen LogP contribution is 2.27. The minimum Gasteiger partial charge on any atom is -0.378 e. The molecule has 1 fully saturated rings. The predicted octanol–water partition coefficient (Wildman–Crippen LogP) is 2.82. The van der Waals surface area contributed by atoms with Crippen LogP contribution in [0.3, 0.4) is 0 Å². The van der Waals surface area contributed by atoms with Crippen LogP contribution < -0.4 is 4.90 Å². The quantitative estimate of drug-likeness (QED) is 0.583. The van der Waals surface area contributed by atoms with Gasteiger partial charge < -0.3 is 4.90 Å². The molecule has 1 aromatic carbocycles. The standard InChI is InChI=1S/C20H25N3O3S/c1-14-19(15(2)23(21-14)18-11-12-27(25,26)13-18)9-10-20(24)16-5-7-17(8-6-16)22(3)4/h5-10,18H,11-13H2,1-4H3/b10-9+. The molecule has 1 saturated heterocycles. The molecule has 0 bridgehead atoms. The number of hydrogen-bond acceptors (Lipinski definition) is 5. The molecule has 0 saturated carbocycles. The lowest BCUT2D eigenvalue weighted by Crippen LogP contribution is -2.13. The monoisotopic (exact) mass is 387 g/mol. The maximum absolute atomic E-state index is 12.5. The fourth-order valence-corrected chi connectivity index (χ4v) is 5.11. The van der Waals surface area contributed by atoms with Crippen LogP contribution in [-0.2, 0) is 9.84 Å². The summed E-state index contributed by atoms with van der Waals surface area (Å²) in [5, 5.41) is 4.52. The van der Waals surface area contributed by atoms with Gasteiger partial charge in [-0.25, -0.2) is 8.42 Å². The second-order valence-corrected chi connectivity index (χ2v) is 9.45. The van der Waals surface area contributed by atoms with E-state index in [0.29, 0.717) is 12.0 Å². The van der Waals surface area contributed by atoms with Gasteiger partial charge in [0.1, 0.15) is 0 Å². The van der Waals surface area contributed by atoms with E-state index in [0.717, 1.165) is 22.6 Å².